The Hall–Kier alpha value is -1.98. The molecule has 0 bridgehead atoms. The highest BCUT2D eigenvalue weighted by atomic mass is 19.1. The molecule has 0 radical (unpaired) electrons. The van der Waals surface area contributed by atoms with E-state index < -0.39 is 29.5 Å². The van der Waals surface area contributed by atoms with Crippen molar-refractivity contribution < 1.29 is 27.8 Å². The van der Waals surface area contributed by atoms with E-state index >= 15 is 0 Å². The highest BCUT2D eigenvalue weighted by Crippen LogP contribution is 2.26. The summed E-state index contributed by atoms with van der Waals surface area (Å²) in [5.74, 6) is -3.37. The van der Waals surface area contributed by atoms with E-state index in [1.165, 1.54) is 14.2 Å². The second kappa shape index (κ2) is 6.82. The normalized spacial score (nSPS) is 10.4. The molecule has 0 atom stereocenters. The number of hydrogen-bond acceptors (Lipinski definition) is 4. The Bertz CT molecular complexity index is 435. The molecule has 1 rings (SSSR count). The number of esters is 2. The Kier molecular flexibility index (Phi) is 5.41. The first-order valence-electron chi connectivity index (χ1n) is 5.56. The van der Waals surface area contributed by atoms with Gasteiger partial charge in [0.1, 0.15) is 11.6 Å². The molecule has 1 aromatic rings. The molecule has 6 heteroatoms. The Balaban J connectivity index is 2.99. The van der Waals surface area contributed by atoms with Crippen molar-refractivity contribution >= 4 is 11.9 Å². The Morgan fingerprint density at radius 1 is 1.00 bits per heavy atom. The lowest BCUT2D eigenvalue weighted by Gasteiger charge is -2.15. The Labute approximate surface area is 109 Å². The maximum Gasteiger partial charge on any atom is 0.306 e. The molecule has 19 heavy (non-hydrogen) atoms. The van der Waals surface area contributed by atoms with Crippen molar-refractivity contribution in [2.45, 2.75) is 18.8 Å². The van der Waals surface area contributed by atoms with Crippen LogP contribution in [-0.4, -0.2) is 26.2 Å². The number of halogens is 2. The minimum atomic E-state index is -0.769. The summed E-state index contributed by atoms with van der Waals surface area (Å²) in [7, 11) is 2.40. The fourth-order valence-electron chi connectivity index (χ4n) is 1.69. The van der Waals surface area contributed by atoms with Crippen molar-refractivity contribution in [2.75, 3.05) is 14.2 Å². The third-order valence-corrected chi connectivity index (χ3v) is 2.64. The molecule has 0 spiro atoms. The van der Waals surface area contributed by atoms with E-state index in [0.717, 1.165) is 18.2 Å². The van der Waals surface area contributed by atoms with Crippen LogP contribution < -0.4 is 0 Å². The molecule has 0 aliphatic heterocycles. The van der Waals surface area contributed by atoms with Crippen molar-refractivity contribution in [1.29, 1.82) is 0 Å². The number of carbonyl (C=O) groups excluding carboxylic acids is 2. The summed E-state index contributed by atoms with van der Waals surface area (Å²) >= 11 is 0. The first kappa shape index (κ1) is 15.1. The van der Waals surface area contributed by atoms with Crippen LogP contribution in [0.2, 0.25) is 0 Å². The monoisotopic (exact) mass is 272 g/mol. The molecular weight excluding hydrogens is 258 g/mol. The number of hydrogen-bond donors (Lipinski definition) is 0. The molecule has 0 heterocycles. The summed E-state index contributed by atoms with van der Waals surface area (Å²) in [5.41, 5.74) is 0.216. The molecule has 0 aromatic heterocycles. The zero-order valence-electron chi connectivity index (χ0n) is 10.6. The van der Waals surface area contributed by atoms with Gasteiger partial charge in [0.2, 0.25) is 0 Å². The summed E-state index contributed by atoms with van der Waals surface area (Å²) in [4.78, 5) is 22.5. The minimum absolute atomic E-state index is 0.158. The van der Waals surface area contributed by atoms with Crippen molar-refractivity contribution in [3.8, 4) is 0 Å². The SMILES string of the molecule is COC(=O)CC(CC(=O)OC)c1cc(F)cc(F)c1. The number of carbonyl (C=O) groups is 2. The number of methoxy groups -OCH3 is 2. The lowest BCUT2D eigenvalue weighted by Crippen LogP contribution is -2.14. The first-order valence-corrected chi connectivity index (χ1v) is 5.56. The maximum absolute atomic E-state index is 13.2. The fraction of sp³-hybridized carbons (Fsp3) is 0.385. The van der Waals surface area contributed by atoms with E-state index in [9.17, 15) is 18.4 Å². The largest absolute Gasteiger partial charge is 0.469 e. The van der Waals surface area contributed by atoms with Crippen LogP contribution in [0.5, 0.6) is 0 Å². The topological polar surface area (TPSA) is 52.6 Å². The van der Waals surface area contributed by atoms with Gasteiger partial charge >= 0.3 is 11.9 Å². The summed E-state index contributed by atoms with van der Waals surface area (Å²) in [6.45, 7) is 0. The van der Waals surface area contributed by atoms with E-state index in [-0.39, 0.29) is 18.4 Å². The van der Waals surface area contributed by atoms with Crippen LogP contribution in [0.1, 0.15) is 24.3 Å². The van der Waals surface area contributed by atoms with Gasteiger partial charge in [-0.2, -0.15) is 0 Å². The van der Waals surface area contributed by atoms with E-state index in [1.54, 1.807) is 0 Å². The third-order valence-electron chi connectivity index (χ3n) is 2.64. The van der Waals surface area contributed by atoms with E-state index in [1.807, 2.05) is 0 Å². The smallest absolute Gasteiger partial charge is 0.306 e. The number of benzene rings is 1. The van der Waals surface area contributed by atoms with Gasteiger partial charge < -0.3 is 9.47 Å². The van der Waals surface area contributed by atoms with Crippen LogP contribution >= 0.6 is 0 Å². The molecule has 0 amide bonds. The van der Waals surface area contributed by atoms with Gasteiger partial charge in [-0.15, -0.1) is 0 Å². The molecule has 0 saturated carbocycles. The third kappa shape index (κ3) is 4.65. The summed E-state index contributed by atoms with van der Waals surface area (Å²) < 4.78 is 35.3. The van der Waals surface area contributed by atoms with Crippen LogP contribution in [-0.2, 0) is 19.1 Å². The average Bonchev–Trinajstić information content (AvgIpc) is 2.36. The molecule has 0 aliphatic rings. The number of ether oxygens (including phenoxy) is 2. The van der Waals surface area contributed by atoms with Gasteiger partial charge in [-0.3, -0.25) is 9.59 Å². The van der Waals surface area contributed by atoms with Crippen LogP contribution in [0.25, 0.3) is 0 Å². The Morgan fingerprint density at radius 3 is 1.79 bits per heavy atom. The van der Waals surface area contributed by atoms with Crippen molar-refractivity contribution in [3.05, 3.63) is 35.4 Å². The average molecular weight is 272 g/mol. The van der Waals surface area contributed by atoms with Gasteiger partial charge in [0.05, 0.1) is 27.1 Å². The maximum atomic E-state index is 13.2. The summed E-state index contributed by atoms with van der Waals surface area (Å²) in [5, 5.41) is 0. The van der Waals surface area contributed by atoms with Crippen LogP contribution in [0, 0.1) is 11.6 Å². The molecule has 0 N–H and O–H groups in total. The molecule has 104 valence electrons. The lowest BCUT2D eigenvalue weighted by molar-refractivity contribution is -0.143. The van der Waals surface area contributed by atoms with Gasteiger partial charge in [0, 0.05) is 12.0 Å². The van der Waals surface area contributed by atoms with Gasteiger partial charge in [-0.25, -0.2) is 8.78 Å². The molecule has 1 aromatic carbocycles. The van der Waals surface area contributed by atoms with E-state index in [4.69, 9.17) is 0 Å². The molecular formula is C13H14F2O4. The van der Waals surface area contributed by atoms with Gasteiger partial charge in [0.25, 0.3) is 0 Å². The van der Waals surface area contributed by atoms with E-state index in [0.29, 0.717) is 0 Å². The van der Waals surface area contributed by atoms with E-state index in [2.05, 4.69) is 9.47 Å². The predicted octanol–water partition coefficient (Wildman–Crippen LogP) is 2.17. The van der Waals surface area contributed by atoms with Crippen LogP contribution in [0.15, 0.2) is 18.2 Å². The molecule has 0 fully saturated rings. The predicted molar refractivity (Wildman–Crippen MR) is 62.4 cm³/mol. The minimum Gasteiger partial charge on any atom is -0.469 e. The van der Waals surface area contributed by atoms with Crippen LogP contribution in [0.3, 0.4) is 0 Å². The molecule has 0 saturated heterocycles. The molecule has 0 aliphatic carbocycles. The van der Waals surface area contributed by atoms with Crippen molar-refractivity contribution in [3.63, 3.8) is 0 Å². The fourth-order valence-corrected chi connectivity index (χ4v) is 1.69. The first-order chi connectivity index (χ1) is 8.96. The molecule has 4 nitrogen and oxygen atoms in total. The lowest BCUT2D eigenvalue weighted by atomic mass is 9.92. The van der Waals surface area contributed by atoms with Crippen molar-refractivity contribution in [2.24, 2.45) is 0 Å². The Morgan fingerprint density at radius 2 is 1.42 bits per heavy atom. The summed E-state index contributed by atoms with van der Waals surface area (Å²) in [6, 6.07) is 2.89. The summed E-state index contributed by atoms with van der Waals surface area (Å²) in [6.07, 6.45) is -0.316. The van der Waals surface area contributed by atoms with Gasteiger partial charge in [0.15, 0.2) is 0 Å². The van der Waals surface area contributed by atoms with Gasteiger partial charge in [-0.05, 0) is 17.7 Å². The van der Waals surface area contributed by atoms with Crippen molar-refractivity contribution in [1.82, 2.24) is 0 Å². The standard InChI is InChI=1S/C13H14F2O4/c1-18-12(16)5-9(6-13(17)19-2)8-3-10(14)7-11(15)4-8/h3-4,7,9H,5-6H2,1-2H3. The van der Waals surface area contributed by atoms with Crippen LogP contribution in [0.4, 0.5) is 8.78 Å². The number of rotatable bonds is 5. The second-order valence-corrected chi connectivity index (χ2v) is 3.96. The second-order valence-electron chi connectivity index (χ2n) is 3.96. The highest BCUT2D eigenvalue weighted by Gasteiger charge is 2.21. The highest BCUT2D eigenvalue weighted by molar-refractivity contribution is 5.74. The molecule has 0 unspecified atom stereocenters. The van der Waals surface area contributed by atoms with Gasteiger partial charge in [-0.1, -0.05) is 0 Å². The zero-order valence-corrected chi connectivity index (χ0v) is 10.6. The zero-order chi connectivity index (χ0) is 14.4. The quantitative estimate of drug-likeness (QED) is 0.771.